The highest BCUT2D eigenvalue weighted by Crippen LogP contribution is 2.39. The van der Waals surface area contributed by atoms with E-state index in [4.69, 9.17) is 8.83 Å². The fraction of sp³-hybridized carbons (Fsp3) is 0.0556. The van der Waals surface area contributed by atoms with E-state index in [0.29, 0.717) is 0 Å². The zero-order valence-corrected chi connectivity index (χ0v) is 21.1. The normalized spacial score (nSPS) is 13.3. The van der Waals surface area contributed by atoms with Gasteiger partial charge < -0.3 is 13.4 Å². The van der Waals surface area contributed by atoms with Gasteiger partial charge in [0, 0.05) is 43.9 Å². The Hall–Kier alpha value is -5.02. The molecule has 3 heteroatoms. The summed E-state index contributed by atoms with van der Waals surface area (Å²) in [7, 11) is 0. The van der Waals surface area contributed by atoms with Crippen molar-refractivity contribution in [3.8, 4) is 16.8 Å². The Balaban J connectivity index is 1.22. The lowest BCUT2D eigenvalue weighted by Crippen LogP contribution is -2.02. The van der Waals surface area contributed by atoms with Gasteiger partial charge in [0.15, 0.2) is 0 Å². The number of para-hydroxylation sites is 2. The predicted molar refractivity (Wildman–Crippen MR) is 161 cm³/mol. The third-order valence-electron chi connectivity index (χ3n) is 8.27. The molecule has 5 aromatic carbocycles. The van der Waals surface area contributed by atoms with E-state index >= 15 is 0 Å². The molecule has 0 saturated carbocycles. The van der Waals surface area contributed by atoms with Crippen molar-refractivity contribution in [1.82, 2.24) is 4.57 Å². The maximum Gasteiger partial charge on any atom is 0.136 e. The van der Waals surface area contributed by atoms with E-state index in [1.807, 2.05) is 24.3 Å². The first-order valence-corrected chi connectivity index (χ1v) is 13.5. The first kappa shape index (κ1) is 21.0. The lowest BCUT2D eigenvalue weighted by Gasteiger charge is -2.14. The summed E-state index contributed by atoms with van der Waals surface area (Å²) in [6.45, 7) is 0. The molecule has 1 aliphatic rings. The van der Waals surface area contributed by atoms with Crippen LogP contribution < -0.4 is 0 Å². The maximum absolute atomic E-state index is 6.24. The molecular weight excluding hydrogens is 478 g/mol. The van der Waals surface area contributed by atoms with Crippen LogP contribution in [0.5, 0.6) is 0 Å². The molecule has 0 aliphatic heterocycles. The van der Waals surface area contributed by atoms with Crippen molar-refractivity contribution in [2.24, 2.45) is 0 Å². The van der Waals surface area contributed by atoms with Crippen LogP contribution >= 0.6 is 0 Å². The zero-order valence-electron chi connectivity index (χ0n) is 21.1. The van der Waals surface area contributed by atoms with E-state index in [9.17, 15) is 0 Å². The Morgan fingerprint density at radius 2 is 1.21 bits per heavy atom. The van der Waals surface area contributed by atoms with Crippen LogP contribution in [0.4, 0.5) is 0 Å². The van der Waals surface area contributed by atoms with Crippen molar-refractivity contribution < 1.29 is 8.83 Å². The molecule has 0 atom stereocenters. The van der Waals surface area contributed by atoms with Crippen molar-refractivity contribution in [3.63, 3.8) is 0 Å². The summed E-state index contributed by atoms with van der Waals surface area (Å²) >= 11 is 0. The van der Waals surface area contributed by atoms with Crippen molar-refractivity contribution in [2.75, 3.05) is 0 Å². The Morgan fingerprint density at radius 1 is 0.538 bits per heavy atom. The number of furan rings is 2. The summed E-state index contributed by atoms with van der Waals surface area (Å²) in [4.78, 5) is 0. The molecule has 0 saturated heterocycles. The SMILES string of the molecule is C1=Cc2c(n(-c3ccc(-c4ccc5oc6ccccc6c5c4)cc3)c3cc4c(cc23)oc2ccccc24)CC1. The third-order valence-corrected chi connectivity index (χ3v) is 8.27. The van der Waals surface area contributed by atoms with Gasteiger partial charge in [0.1, 0.15) is 22.3 Å². The molecule has 39 heavy (non-hydrogen) atoms. The zero-order chi connectivity index (χ0) is 25.5. The van der Waals surface area contributed by atoms with Crippen LogP contribution in [0.2, 0.25) is 0 Å². The van der Waals surface area contributed by atoms with Crippen LogP contribution in [-0.4, -0.2) is 4.57 Å². The van der Waals surface area contributed by atoms with E-state index in [1.54, 1.807) is 0 Å². The van der Waals surface area contributed by atoms with E-state index in [0.717, 1.165) is 56.7 Å². The van der Waals surface area contributed by atoms with Crippen molar-refractivity contribution in [1.29, 1.82) is 0 Å². The molecule has 3 heterocycles. The Kier molecular flexibility index (Phi) is 4.17. The Labute approximate surface area is 224 Å². The minimum Gasteiger partial charge on any atom is -0.456 e. The molecule has 1 aliphatic carbocycles. The lowest BCUT2D eigenvalue weighted by molar-refractivity contribution is 0.669. The third kappa shape index (κ3) is 2.98. The van der Waals surface area contributed by atoms with E-state index < -0.39 is 0 Å². The van der Waals surface area contributed by atoms with Gasteiger partial charge in [-0.25, -0.2) is 0 Å². The summed E-state index contributed by atoms with van der Waals surface area (Å²) in [6, 6.07) is 36.6. The van der Waals surface area contributed by atoms with Crippen LogP contribution in [0, 0.1) is 0 Å². The average Bonchev–Trinajstić information content (AvgIpc) is 3.65. The van der Waals surface area contributed by atoms with Crippen molar-refractivity contribution >= 4 is 60.9 Å². The average molecular weight is 502 g/mol. The molecular formula is C36H23NO2. The van der Waals surface area contributed by atoms with E-state index in [2.05, 4.69) is 95.6 Å². The maximum atomic E-state index is 6.24. The smallest absolute Gasteiger partial charge is 0.136 e. The number of benzene rings is 5. The molecule has 8 aromatic rings. The summed E-state index contributed by atoms with van der Waals surface area (Å²) < 4.78 is 14.7. The number of nitrogens with zero attached hydrogens (tertiary/aromatic N) is 1. The highest BCUT2D eigenvalue weighted by Gasteiger charge is 2.21. The molecule has 0 radical (unpaired) electrons. The second kappa shape index (κ2) is 7.75. The Morgan fingerprint density at radius 3 is 2.00 bits per heavy atom. The molecule has 9 rings (SSSR count). The monoisotopic (exact) mass is 501 g/mol. The predicted octanol–water partition coefficient (Wildman–Crippen LogP) is 10.1. The first-order chi connectivity index (χ1) is 19.3. The molecule has 0 unspecified atom stereocenters. The molecule has 3 aromatic heterocycles. The van der Waals surface area contributed by atoms with Crippen LogP contribution in [0.15, 0.2) is 118 Å². The lowest BCUT2D eigenvalue weighted by atomic mass is 10.0. The van der Waals surface area contributed by atoms with Gasteiger partial charge in [-0.2, -0.15) is 0 Å². The Bertz CT molecular complexity index is 2270. The van der Waals surface area contributed by atoms with Gasteiger partial charge in [-0.05, 0) is 72.5 Å². The van der Waals surface area contributed by atoms with Gasteiger partial charge in [0.2, 0.25) is 0 Å². The number of allylic oxidation sites excluding steroid dienone is 1. The van der Waals surface area contributed by atoms with Crippen molar-refractivity contribution in [2.45, 2.75) is 12.8 Å². The van der Waals surface area contributed by atoms with E-state index in [-0.39, 0.29) is 0 Å². The molecule has 3 nitrogen and oxygen atoms in total. The quantitative estimate of drug-likeness (QED) is 0.236. The highest BCUT2D eigenvalue weighted by molar-refractivity contribution is 6.11. The molecule has 0 N–H and O–H groups in total. The number of hydrogen-bond donors (Lipinski definition) is 0. The number of rotatable bonds is 2. The topological polar surface area (TPSA) is 31.2 Å². The van der Waals surface area contributed by atoms with Gasteiger partial charge in [-0.15, -0.1) is 0 Å². The number of hydrogen-bond acceptors (Lipinski definition) is 2. The van der Waals surface area contributed by atoms with Gasteiger partial charge >= 0.3 is 0 Å². The fourth-order valence-corrected chi connectivity index (χ4v) is 6.44. The van der Waals surface area contributed by atoms with Crippen LogP contribution in [0.1, 0.15) is 17.7 Å². The summed E-state index contributed by atoms with van der Waals surface area (Å²) in [5.41, 5.74) is 11.2. The largest absolute Gasteiger partial charge is 0.456 e. The van der Waals surface area contributed by atoms with Crippen LogP contribution in [0.3, 0.4) is 0 Å². The van der Waals surface area contributed by atoms with Gasteiger partial charge in [-0.1, -0.05) is 66.7 Å². The summed E-state index contributed by atoms with van der Waals surface area (Å²) in [5, 5.41) is 5.88. The molecule has 0 amide bonds. The molecule has 184 valence electrons. The second-order valence-corrected chi connectivity index (χ2v) is 10.5. The summed E-state index contributed by atoms with van der Waals surface area (Å²) in [5.74, 6) is 0. The van der Waals surface area contributed by atoms with Gasteiger partial charge in [0.25, 0.3) is 0 Å². The molecule has 0 bridgehead atoms. The van der Waals surface area contributed by atoms with Crippen LogP contribution in [-0.2, 0) is 6.42 Å². The standard InChI is InChI=1S/C36H23NO2/c1-4-10-31-25(7-1)28-21-36-30(27-9-3-6-12-34(27)39-36)20-32(28)37(31)24-16-13-22(14-17-24)23-15-18-35-29(19-23)26-8-2-5-11-33(26)38-35/h1-3,5-9,11-21H,4,10H2. The van der Waals surface area contributed by atoms with Crippen molar-refractivity contribution in [3.05, 3.63) is 120 Å². The van der Waals surface area contributed by atoms with Gasteiger partial charge in [-0.3, -0.25) is 0 Å². The second-order valence-electron chi connectivity index (χ2n) is 10.5. The van der Waals surface area contributed by atoms with Crippen LogP contribution in [0.25, 0.3) is 77.7 Å². The minimum atomic E-state index is 0.924. The number of aromatic nitrogens is 1. The highest BCUT2D eigenvalue weighted by atomic mass is 16.3. The molecule has 0 spiro atoms. The fourth-order valence-electron chi connectivity index (χ4n) is 6.44. The minimum absolute atomic E-state index is 0.924. The van der Waals surface area contributed by atoms with E-state index in [1.165, 1.54) is 39.0 Å². The number of fused-ring (bicyclic) bond motifs is 9. The molecule has 0 fully saturated rings. The summed E-state index contributed by atoms with van der Waals surface area (Å²) in [6.07, 6.45) is 6.65. The first-order valence-electron chi connectivity index (χ1n) is 13.5. The van der Waals surface area contributed by atoms with Gasteiger partial charge in [0.05, 0.1) is 5.52 Å².